The Morgan fingerprint density at radius 3 is 2.68 bits per heavy atom. The van der Waals surface area contributed by atoms with Crippen molar-refractivity contribution in [3.8, 4) is 5.69 Å². The predicted octanol–water partition coefficient (Wildman–Crippen LogP) is 1.32. The van der Waals surface area contributed by atoms with Gasteiger partial charge in [-0.05, 0) is 18.2 Å². The summed E-state index contributed by atoms with van der Waals surface area (Å²) in [5, 5.41) is 11.5. The molecule has 0 atom stereocenters. The van der Waals surface area contributed by atoms with E-state index in [2.05, 4.69) is 21.0 Å². The summed E-state index contributed by atoms with van der Waals surface area (Å²) in [6.07, 6.45) is 3.77. The number of nitrogens with one attached hydrogen (secondary N) is 1. The first-order chi connectivity index (χ1) is 8.79. The van der Waals surface area contributed by atoms with Crippen LogP contribution in [0.2, 0.25) is 0 Å². The van der Waals surface area contributed by atoms with Crippen molar-refractivity contribution in [2.24, 2.45) is 5.73 Å². The molecule has 0 saturated heterocycles. The van der Waals surface area contributed by atoms with Crippen molar-refractivity contribution in [2.45, 2.75) is 4.90 Å². The van der Waals surface area contributed by atoms with E-state index < -0.39 is 9.84 Å². The topological polar surface area (TPSA) is 102 Å². The molecule has 0 bridgehead atoms. The van der Waals surface area contributed by atoms with Crippen molar-refractivity contribution in [1.82, 2.24) is 9.78 Å². The summed E-state index contributed by atoms with van der Waals surface area (Å²) in [5.41, 5.74) is 6.53. The third-order valence-corrected chi connectivity index (χ3v) is 4.04. The summed E-state index contributed by atoms with van der Waals surface area (Å²) < 4.78 is 25.0. The number of nitrogens with zero attached hydrogens (tertiary/aromatic N) is 2. The van der Waals surface area contributed by atoms with Gasteiger partial charge in [-0.25, -0.2) is 13.1 Å². The molecule has 0 fully saturated rings. The highest BCUT2D eigenvalue weighted by Crippen LogP contribution is 2.20. The van der Waals surface area contributed by atoms with E-state index in [4.69, 9.17) is 11.1 Å². The maximum absolute atomic E-state index is 11.4. The second kappa shape index (κ2) is 4.78. The first kappa shape index (κ1) is 13.8. The lowest BCUT2D eigenvalue weighted by molar-refractivity contribution is 0.602. The summed E-state index contributed by atoms with van der Waals surface area (Å²) in [4.78, 5) is 0.116. The van der Waals surface area contributed by atoms with Gasteiger partial charge in [0, 0.05) is 22.5 Å². The van der Waals surface area contributed by atoms with Gasteiger partial charge in [0.2, 0.25) is 0 Å². The molecule has 3 N–H and O–H groups in total. The summed E-state index contributed by atoms with van der Waals surface area (Å²) in [6.45, 7) is 0. The number of rotatable bonds is 3. The molecular weight excluding hydrogens is 332 g/mol. The molecule has 0 spiro atoms. The molecule has 1 aromatic carbocycles. The molecule has 0 radical (unpaired) electrons. The second-order valence-electron chi connectivity index (χ2n) is 3.97. The number of sulfone groups is 1. The summed E-state index contributed by atoms with van der Waals surface area (Å²) >= 11 is 3.30. The van der Waals surface area contributed by atoms with Gasteiger partial charge in [0.25, 0.3) is 0 Å². The molecule has 2 aromatic rings. The first-order valence-electron chi connectivity index (χ1n) is 5.18. The smallest absolute Gasteiger partial charge is 0.178 e. The molecule has 2 rings (SSSR count). The Labute approximate surface area is 118 Å². The Hall–Kier alpha value is -1.67. The third-order valence-electron chi connectivity index (χ3n) is 2.48. The molecule has 6 nitrogen and oxygen atoms in total. The molecule has 100 valence electrons. The van der Waals surface area contributed by atoms with Crippen molar-refractivity contribution in [2.75, 3.05) is 6.26 Å². The molecule has 1 heterocycles. The van der Waals surface area contributed by atoms with Crippen molar-refractivity contribution >= 4 is 31.6 Å². The highest BCUT2D eigenvalue weighted by molar-refractivity contribution is 9.10. The van der Waals surface area contributed by atoms with Crippen LogP contribution in [0.25, 0.3) is 5.69 Å². The first-order valence-corrected chi connectivity index (χ1v) is 7.86. The maximum atomic E-state index is 11.4. The van der Waals surface area contributed by atoms with E-state index in [1.165, 1.54) is 17.1 Å². The zero-order valence-electron chi connectivity index (χ0n) is 9.96. The van der Waals surface area contributed by atoms with Crippen molar-refractivity contribution < 1.29 is 8.42 Å². The van der Waals surface area contributed by atoms with Crippen LogP contribution in [0.4, 0.5) is 0 Å². The van der Waals surface area contributed by atoms with Crippen LogP contribution in [-0.4, -0.2) is 30.3 Å². The summed E-state index contributed by atoms with van der Waals surface area (Å²) in [5.74, 6) is -0.118. The average Bonchev–Trinajstić information content (AvgIpc) is 2.77. The van der Waals surface area contributed by atoms with Gasteiger partial charge in [-0.3, -0.25) is 5.41 Å². The van der Waals surface area contributed by atoms with Crippen molar-refractivity contribution in [3.63, 3.8) is 0 Å². The van der Waals surface area contributed by atoms with Gasteiger partial charge in [0.15, 0.2) is 9.84 Å². The quantitative estimate of drug-likeness (QED) is 0.648. The lowest BCUT2D eigenvalue weighted by atomic mass is 10.1. The molecular formula is C11H11BrN4O2S. The van der Waals surface area contributed by atoms with Crippen LogP contribution in [-0.2, 0) is 9.84 Å². The van der Waals surface area contributed by atoms with E-state index >= 15 is 0 Å². The Bertz CT molecular complexity index is 752. The molecule has 0 unspecified atom stereocenters. The number of hydrogen-bond acceptors (Lipinski definition) is 4. The minimum atomic E-state index is -3.31. The number of halogens is 1. The molecule has 1 aromatic heterocycles. The monoisotopic (exact) mass is 342 g/mol. The van der Waals surface area contributed by atoms with Crippen LogP contribution in [0.15, 0.2) is 40.0 Å². The standard InChI is InChI=1S/C11H11BrN4O2S/c1-19(17,18)8-5-15-16(6-8)10-3-2-7(12)4-9(10)11(13)14/h2-6H,1H3,(H3,13,14). The molecule has 8 heteroatoms. The zero-order valence-corrected chi connectivity index (χ0v) is 12.4. The van der Waals surface area contributed by atoms with Gasteiger partial charge in [-0.15, -0.1) is 0 Å². The van der Waals surface area contributed by atoms with Crippen molar-refractivity contribution in [1.29, 1.82) is 5.41 Å². The normalized spacial score (nSPS) is 11.5. The minimum absolute atomic E-state index is 0.116. The van der Waals surface area contributed by atoms with E-state index in [1.54, 1.807) is 18.2 Å². The largest absolute Gasteiger partial charge is 0.384 e. The minimum Gasteiger partial charge on any atom is -0.384 e. The molecule has 0 aliphatic heterocycles. The number of amidine groups is 1. The Morgan fingerprint density at radius 2 is 2.16 bits per heavy atom. The Kier molecular flexibility index (Phi) is 3.46. The number of benzene rings is 1. The highest BCUT2D eigenvalue weighted by Gasteiger charge is 2.13. The lowest BCUT2D eigenvalue weighted by Gasteiger charge is -2.08. The van der Waals surface area contributed by atoms with Gasteiger partial charge in [-0.1, -0.05) is 15.9 Å². The number of nitrogen functional groups attached to an aromatic ring is 1. The Morgan fingerprint density at radius 1 is 1.47 bits per heavy atom. The van der Waals surface area contributed by atoms with Gasteiger partial charge in [0.1, 0.15) is 10.7 Å². The van der Waals surface area contributed by atoms with Crippen LogP contribution in [0.3, 0.4) is 0 Å². The molecule has 19 heavy (non-hydrogen) atoms. The van der Waals surface area contributed by atoms with E-state index in [0.717, 1.165) is 10.7 Å². The number of nitrogens with two attached hydrogens (primary N) is 1. The fourth-order valence-electron chi connectivity index (χ4n) is 1.55. The average molecular weight is 343 g/mol. The molecule has 0 saturated carbocycles. The van der Waals surface area contributed by atoms with Crippen LogP contribution < -0.4 is 5.73 Å². The number of hydrogen-bond donors (Lipinski definition) is 2. The summed E-state index contributed by atoms with van der Waals surface area (Å²) in [7, 11) is -3.31. The molecule has 0 amide bonds. The van der Waals surface area contributed by atoms with Gasteiger partial charge < -0.3 is 5.73 Å². The van der Waals surface area contributed by atoms with E-state index in [9.17, 15) is 8.42 Å². The molecule has 0 aliphatic rings. The van der Waals surface area contributed by atoms with Crippen LogP contribution in [0, 0.1) is 5.41 Å². The SMILES string of the molecule is CS(=O)(=O)c1cnn(-c2ccc(Br)cc2C(=N)N)c1. The van der Waals surface area contributed by atoms with Crippen LogP contribution in [0.5, 0.6) is 0 Å². The van der Waals surface area contributed by atoms with E-state index in [-0.39, 0.29) is 10.7 Å². The lowest BCUT2D eigenvalue weighted by Crippen LogP contribution is -2.15. The van der Waals surface area contributed by atoms with Gasteiger partial charge in [0.05, 0.1) is 11.9 Å². The summed E-state index contributed by atoms with van der Waals surface area (Å²) in [6, 6.07) is 5.16. The van der Waals surface area contributed by atoms with Crippen molar-refractivity contribution in [3.05, 3.63) is 40.6 Å². The van der Waals surface area contributed by atoms with Crippen LogP contribution in [0.1, 0.15) is 5.56 Å². The predicted molar refractivity (Wildman–Crippen MR) is 75.4 cm³/mol. The van der Waals surface area contributed by atoms with Gasteiger partial charge >= 0.3 is 0 Å². The Balaban J connectivity index is 2.60. The van der Waals surface area contributed by atoms with Gasteiger partial charge in [-0.2, -0.15) is 5.10 Å². The maximum Gasteiger partial charge on any atom is 0.178 e. The highest BCUT2D eigenvalue weighted by atomic mass is 79.9. The fourth-order valence-corrected chi connectivity index (χ4v) is 2.44. The van der Waals surface area contributed by atoms with E-state index in [0.29, 0.717) is 11.3 Å². The molecule has 0 aliphatic carbocycles. The number of aromatic nitrogens is 2. The van der Waals surface area contributed by atoms with Crippen LogP contribution >= 0.6 is 15.9 Å². The zero-order chi connectivity index (χ0) is 14.2. The fraction of sp³-hybridized carbons (Fsp3) is 0.0909. The third kappa shape index (κ3) is 2.85. The van der Waals surface area contributed by atoms with E-state index in [1.807, 2.05) is 0 Å². The second-order valence-corrected chi connectivity index (χ2v) is 6.90.